The van der Waals surface area contributed by atoms with Crippen LogP contribution >= 0.6 is 0 Å². The average molecular weight is 1850 g/mol. The molecule has 12 aromatic carbocycles. The van der Waals surface area contributed by atoms with E-state index in [1.54, 1.807) is 156 Å². The maximum atomic E-state index is 13.3. The van der Waals surface area contributed by atoms with E-state index in [0.717, 1.165) is 55.8 Å². The number of carbonyl (C=O) groups is 4. The summed E-state index contributed by atoms with van der Waals surface area (Å²) in [5, 5.41) is 12.4. The number of hydrogen-bond donors (Lipinski definition) is 5. The molecule has 0 unspecified atom stereocenters. The first-order chi connectivity index (χ1) is 65.9. The van der Waals surface area contributed by atoms with Gasteiger partial charge in [0, 0.05) is 77.0 Å². The van der Waals surface area contributed by atoms with Gasteiger partial charge in [0.15, 0.2) is 69.1 Å². The summed E-state index contributed by atoms with van der Waals surface area (Å²) < 4.78 is 113. The van der Waals surface area contributed by atoms with E-state index in [2.05, 4.69) is 21.3 Å². The summed E-state index contributed by atoms with van der Waals surface area (Å²) in [5.74, 6) is 7.56. The molecular formula is C109H109F2N5O20. The zero-order valence-electron chi connectivity index (χ0n) is 78.5. The minimum Gasteiger partial charge on any atom is -0.495 e. The fraction of sp³-hybridized carbons (Fsp3) is 0.156. The molecule has 0 radical (unpaired) electrons. The molecule has 25 nitrogen and oxygen atoms in total. The van der Waals surface area contributed by atoms with Gasteiger partial charge in [0.25, 0.3) is 0 Å². The quantitative estimate of drug-likeness (QED) is 0.0103. The second kappa shape index (κ2) is 52.7. The van der Waals surface area contributed by atoms with Gasteiger partial charge in [0.05, 0.1) is 137 Å². The number of ketones is 4. The first-order valence-corrected chi connectivity index (χ1v) is 41.9. The van der Waals surface area contributed by atoms with Crippen molar-refractivity contribution in [1.29, 1.82) is 0 Å². The molecule has 0 atom stereocenters. The van der Waals surface area contributed by atoms with Crippen LogP contribution in [0.3, 0.4) is 0 Å². The van der Waals surface area contributed by atoms with Crippen LogP contribution < -0.4 is 103 Å². The molecule has 0 saturated carbocycles. The molecule has 0 spiro atoms. The van der Waals surface area contributed by atoms with Gasteiger partial charge in [-0.3, -0.25) is 19.2 Å². The monoisotopic (exact) mass is 1850 g/mol. The van der Waals surface area contributed by atoms with Gasteiger partial charge >= 0.3 is 0 Å². The molecule has 0 aliphatic rings. The first-order valence-electron chi connectivity index (χ1n) is 41.9. The number of methoxy groups -OCH3 is 16. The lowest BCUT2D eigenvalue weighted by Crippen LogP contribution is -2.01. The van der Waals surface area contributed by atoms with Gasteiger partial charge in [-0.15, -0.1) is 0 Å². The Hall–Kier alpha value is -17.1. The van der Waals surface area contributed by atoms with Crippen LogP contribution in [0.4, 0.5) is 37.2 Å². The number of halogens is 2. The number of nitrogen functional groups attached to an aromatic ring is 1. The number of nitrogens with two attached hydrogens (primary N) is 1. The van der Waals surface area contributed by atoms with E-state index in [1.165, 1.54) is 79.2 Å². The third kappa shape index (κ3) is 29.2. The second-order valence-corrected chi connectivity index (χ2v) is 28.8. The Bertz CT molecular complexity index is 6070. The van der Waals surface area contributed by atoms with E-state index in [-0.39, 0.29) is 34.5 Å². The highest BCUT2D eigenvalue weighted by Gasteiger charge is 2.19. The Morgan fingerprint density at radius 3 is 0.765 bits per heavy atom. The van der Waals surface area contributed by atoms with Crippen molar-refractivity contribution in [1.82, 2.24) is 0 Å². The van der Waals surface area contributed by atoms with Crippen molar-refractivity contribution in [2.24, 2.45) is 0 Å². The number of benzene rings is 12. The third-order valence-corrected chi connectivity index (χ3v) is 20.2. The summed E-state index contributed by atoms with van der Waals surface area (Å²) in [6.07, 6.45) is 27.4. The van der Waals surface area contributed by atoms with Crippen LogP contribution in [0.15, 0.2) is 267 Å². The van der Waals surface area contributed by atoms with E-state index in [9.17, 15) is 28.0 Å². The van der Waals surface area contributed by atoms with Crippen molar-refractivity contribution < 1.29 is 104 Å². The lowest BCUT2D eigenvalue weighted by Gasteiger charge is -2.13. The Balaban J connectivity index is 0.000000203. The molecule has 27 heteroatoms. The second-order valence-electron chi connectivity index (χ2n) is 28.8. The standard InChI is InChI=1S/C28H29NO5.2C27H26FNO5.C27H28N2O5/c1-19-6-11-22(12-7-19)24(30)14-15-29-23-16-20(10-13-25(23)31-2)8-9-21-17-26(32-3)28(34-5)27(18-21)33-4;1-31-24-12-7-18(5-6-19-16-25(32-2)27(34-4)26(17-19)33-3)15-22(24)29-14-13-23(30)20-8-10-21(28)11-9-20;1-31-24-11-10-18(8-9-19-15-25(32-2)27(34-4)26(16-19)33-3)14-22(24)29-13-12-23(30)20-6-5-7-21(28)17-20;1-31-24-12-11-18(9-10-19-16-25(32-2)27(34-4)26(17-19)33-3)15-22(24)29-14-13-23(30)20-7-5-6-8-21(20)28/h6-18,29H,1-5H3;2*5-17,29H,1-4H3;5-17,29H,28H2,1-4H3/b9-8-,15-14-;6-5-,14-13-;9-8-,13-12-;10-9-,14-13-. The van der Waals surface area contributed by atoms with Gasteiger partial charge in [0.1, 0.15) is 34.6 Å². The van der Waals surface area contributed by atoms with Gasteiger partial charge in [-0.05, 0) is 197 Å². The number of nitrogens with one attached hydrogen (secondary N) is 4. The number of rotatable bonds is 40. The van der Waals surface area contributed by atoms with Crippen LogP contribution in [0.25, 0.3) is 48.6 Å². The lowest BCUT2D eigenvalue weighted by molar-refractivity contribution is 0.103. The van der Waals surface area contributed by atoms with Crippen LogP contribution in [-0.4, -0.2) is 137 Å². The molecule has 0 aliphatic carbocycles. The summed E-state index contributed by atoms with van der Waals surface area (Å²) in [4.78, 5) is 49.3. The van der Waals surface area contributed by atoms with E-state index in [4.69, 9.17) is 81.5 Å². The normalized spacial score (nSPS) is 11.0. The number of allylic oxidation sites excluding steroid dienone is 4. The van der Waals surface area contributed by atoms with Crippen LogP contribution in [0.2, 0.25) is 0 Å². The maximum Gasteiger partial charge on any atom is 0.203 e. The average Bonchev–Trinajstić information content (AvgIpc) is 0.837. The van der Waals surface area contributed by atoms with E-state index in [0.29, 0.717) is 131 Å². The van der Waals surface area contributed by atoms with Crippen LogP contribution in [0, 0.1) is 18.6 Å². The van der Waals surface area contributed by atoms with Crippen molar-refractivity contribution in [3.05, 3.63) is 351 Å². The van der Waals surface area contributed by atoms with Gasteiger partial charge in [-0.1, -0.05) is 127 Å². The Kier molecular flexibility index (Phi) is 39.7. The number of anilines is 5. The Morgan fingerprint density at radius 1 is 0.243 bits per heavy atom. The number of aryl methyl sites for hydroxylation is 1. The van der Waals surface area contributed by atoms with Crippen molar-refractivity contribution in [2.75, 3.05) is 141 Å². The van der Waals surface area contributed by atoms with E-state index in [1.807, 2.05) is 201 Å². The smallest absolute Gasteiger partial charge is 0.203 e. The van der Waals surface area contributed by atoms with Gasteiger partial charge in [0.2, 0.25) is 23.0 Å². The molecule has 0 bridgehead atoms. The fourth-order valence-electron chi connectivity index (χ4n) is 13.2. The number of hydrogen-bond acceptors (Lipinski definition) is 25. The Labute approximate surface area is 790 Å². The molecular weight excluding hydrogens is 1740 g/mol. The number of carbonyl (C=O) groups excluding carboxylic acids is 4. The van der Waals surface area contributed by atoms with E-state index < -0.39 is 5.82 Å². The van der Waals surface area contributed by atoms with Gasteiger partial charge in [-0.2, -0.15) is 0 Å². The van der Waals surface area contributed by atoms with Crippen molar-refractivity contribution in [2.45, 2.75) is 6.92 Å². The number of para-hydroxylation sites is 1. The highest BCUT2D eigenvalue weighted by Crippen LogP contribution is 2.44. The van der Waals surface area contributed by atoms with Gasteiger partial charge in [-0.25, -0.2) is 8.78 Å². The molecule has 0 aliphatic heterocycles. The largest absolute Gasteiger partial charge is 0.495 e. The molecule has 0 fully saturated rings. The van der Waals surface area contributed by atoms with Crippen LogP contribution in [0.5, 0.6) is 92.0 Å². The third-order valence-electron chi connectivity index (χ3n) is 20.2. The minimum atomic E-state index is -0.458. The highest BCUT2D eigenvalue weighted by atomic mass is 19.1. The predicted molar refractivity (Wildman–Crippen MR) is 535 cm³/mol. The summed E-state index contributed by atoms with van der Waals surface area (Å²) in [7, 11) is 25.2. The molecule has 0 amide bonds. The topological polar surface area (TPSA) is 290 Å². The molecule has 6 N–H and O–H groups in total. The van der Waals surface area contributed by atoms with Crippen LogP contribution in [-0.2, 0) is 0 Å². The molecule has 136 heavy (non-hydrogen) atoms. The highest BCUT2D eigenvalue weighted by molar-refractivity contribution is 6.08. The van der Waals surface area contributed by atoms with Gasteiger partial charge < -0.3 is 103 Å². The molecule has 0 heterocycles. The van der Waals surface area contributed by atoms with Crippen molar-refractivity contribution in [3.8, 4) is 92.0 Å². The first kappa shape index (κ1) is 103. The van der Waals surface area contributed by atoms with Crippen LogP contribution in [0.1, 0.15) is 91.5 Å². The SMILES string of the molecule is COc1ccc(/C=C\c2cc(OC)c(OC)c(OC)c2)cc1N/C=C\C(=O)c1ccc(C)cc1.COc1ccc(/C=C\c2cc(OC)c(OC)c(OC)c2)cc1N/C=C\C(=O)c1ccc(F)cc1.COc1ccc(/C=C\c2cc(OC)c(OC)c(OC)c2)cc1N/C=C\C(=O)c1cccc(F)c1.COc1ccc(/C=C\c2cc(OC)c(OC)c(OC)c2)cc1N/C=C\C(=O)c1ccccc1N. The molecule has 12 rings (SSSR count). The molecule has 704 valence electrons. The number of ether oxygens (including phenoxy) is 16. The predicted octanol–water partition coefficient (Wildman–Crippen LogP) is 23.0. The zero-order chi connectivity index (χ0) is 98.0. The van der Waals surface area contributed by atoms with E-state index >= 15 is 0 Å². The molecule has 0 saturated heterocycles. The summed E-state index contributed by atoms with van der Waals surface area (Å²) in [5.41, 5.74) is 19.1. The molecule has 12 aromatic rings. The molecule has 0 aromatic heterocycles. The summed E-state index contributed by atoms with van der Waals surface area (Å²) >= 11 is 0. The summed E-state index contributed by atoms with van der Waals surface area (Å²) in [6, 6.07) is 62.9. The maximum absolute atomic E-state index is 13.3. The fourth-order valence-corrected chi connectivity index (χ4v) is 13.2. The Morgan fingerprint density at radius 2 is 0.500 bits per heavy atom. The van der Waals surface area contributed by atoms with Crippen molar-refractivity contribution >= 4 is 100 Å². The van der Waals surface area contributed by atoms with Crippen molar-refractivity contribution in [3.63, 3.8) is 0 Å². The minimum absolute atomic E-state index is 0.0788. The zero-order valence-corrected chi connectivity index (χ0v) is 78.5. The summed E-state index contributed by atoms with van der Waals surface area (Å²) in [6.45, 7) is 1.99. The lowest BCUT2D eigenvalue weighted by atomic mass is 10.1.